The Morgan fingerprint density at radius 3 is 1.12 bits per heavy atom. The number of aliphatic hydroxyl groups excluding tert-OH is 3. The highest BCUT2D eigenvalue weighted by atomic mass is 16.3. The van der Waals surface area contributed by atoms with Gasteiger partial charge in [-0.05, 0) is 0 Å². The molecule has 16 heteroatoms. The van der Waals surface area contributed by atoms with Gasteiger partial charge in [0, 0.05) is 36.8 Å². The van der Waals surface area contributed by atoms with E-state index >= 15 is 0 Å². The maximum Gasteiger partial charge on any atom is 0.387 e. The summed E-state index contributed by atoms with van der Waals surface area (Å²) in [6.07, 6.45) is 3.81. The van der Waals surface area contributed by atoms with E-state index in [-0.39, 0.29) is 36.7 Å². The lowest BCUT2D eigenvalue weighted by Crippen LogP contribution is -3.17. The lowest BCUT2D eigenvalue weighted by atomic mass is 10.3. The number of aromatic hydroxyl groups is 3. The monoisotopic (exact) mass is 561 g/mol. The van der Waals surface area contributed by atoms with Crippen molar-refractivity contribution in [2.75, 3.05) is 39.3 Å². The number of pyridine rings is 3. The molecule has 0 aliphatic carbocycles. The summed E-state index contributed by atoms with van der Waals surface area (Å²) >= 11 is 0. The van der Waals surface area contributed by atoms with Gasteiger partial charge in [-0.3, -0.25) is 14.4 Å². The van der Waals surface area contributed by atoms with Gasteiger partial charge in [0.2, 0.25) is 16.3 Å². The van der Waals surface area contributed by atoms with Gasteiger partial charge in [0.15, 0.2) is 54.0 Å². The summed E-state index contributed by atoms with van der Waals surface area (Å²) in [7, 11) is 0. The summed E-state index contributed by atoms with van der Waals surface area (Å²) in [5.74, 6) is -3.29. The van der Waals surface area contributed by atoms with Gasteiger partial charge in [-0.1, -0.05) is 0 Å². The van der Waals surface area contributed by atoms with Crippen molar-refractivity contribution in [1.29, 1.82) is 0 Å². The molecule has 0 atom stereocenters. The molecule has 40 heavy (non-hydrogen) atoms. The van der Waals surface area contributed by atoms with Crippen LogP contribution in [0.1, 0.15) is 17.1 Å². The molecule has 3 rings (SSSR count). The standard InChI is InChI=1S/C24H27N7O9/c32-13-1-4-25-16(19(13)35)22(38)28-7-10-31(11-8-29-23(39)17-20(36)14(33)2-5-26-17)12-9-30-24(40)18-21(37)15(34)3-6-27-18/h1-6,35-37H,7-12H2,(H,25,32)(H,26,33)(H,27,34)(H,28,38)(H,29,39)(H,30,40)/p+4. The second-order valence-corrected chi connectivity index (χ2v) is 8.52. The number of aliphatic hydroxyl groups is 3. The minimum Gasteiger partial charge on any atom is -0.502 e. The molecule has 3 heterocycles. The molecule has 212 valence electrons. The van der Waals surface area contributed by atoms with Gasteiger partial charge in [-0.15, -0.1) is 0 Å². The highest BCUT2D eigenvalue weighted by Gasteiger charge is 2.21. The summed E-state index contributed by atoms with van der Waals surface area (Å²) in [6.45, 7) is 1.57. The molecular weight excluding hydrogens is 530 g/mol. The maximum atomic E-state index is 11.6. The minimum absolute atomic E-state index is 0.169. The van der Waals surface area contributed by atoms with E-state index in [1.807, 2.05) is 0 Å². The number of aromatic amines is 3. The summed E-state index contributed by atoms with van der Waals surface area (Å²) in [6, 6.07) is 3.31. The number of hydrogen-bond acceptors (Lipinski definition) is 6. The average Bonchev–Trinajstić information content (AvgIpc) is 2.92. The van der Waals surface area contributed by atoms with Gasteiger partial charge in [0.25, 0.3) is 0 Å². The van der Waals surface area contributed by atoms with Crippen LogP contribution in [-0.4, -0.2) is 103 Å². The third-order valence-electron chi connectivity index (χ3n) is 5.82. The van der Waals surface area contributed by atoms with Gasteiger partial charge >= 0.3 is 17.7 Å². The van der Waals surface area contributed by atoms with Gasteiger partial charge in [-0.2, -0.15) is 0 Å². The van der Waals surface area contributed by atoms with Gasteiger partial charge in [0.1, 0.15) is 19.6 Å². The van der Waals surface area contributed by atoms with E-state index in [9.17, 15) is 45.0 Å². The van der Waals surface area contributed by atoms with Crippen LogP contribution in [0.2, 0.25) is 0 Å². The topological polar surface area (TPSA) is 266 Å². The van der Waals surface area contributed by atoms with Gasteiger partial charge in [0.05, 0.1) is 0 Å². The first-order valence-corrected chi connectivity index (χ1v) is 12.1. The number of aromatic nitrogens is 3. The Morgan fingerprint density at radius 2 is 0.850 bits per heavy atom. The highest BCUT2D eigenvalue weighted by Crippen LogP contribution is 2.05. The Balaban J connectivity index is 1.71. The zero-order valence-electron chi connectivity index (χ0n) is 21.1. The summed E-state index contributed by atoms with van der Waals surface area (Å²) < 4.78 is 0. The normalized spacial score (nSPS) is 13.3. The Morgan fingerprint density at radius 1 is 0.575 bits per heavy atom. The van der Waals surface area contributed by atoms with Crippen molar-refractivity contribution in [3.8, 4) is 17.2 Å². The first-order valence-electron chi connectivity index (χ1n) is 12.1. The van der Waals surface area contributed by atoms with E-state index in [1.165, 1.54) is 18.6 Å². The van der Waals surface area contributed by atoms with Crippen molar-refractivity contribution >= 4 is 17.7 Å². The molecule has 13 N–H and O–H groups in total. The molecular formula is C24H31N7O9+4. The Hall–Kier alpha value is -5.38. The molecule has 0 spiro atoms. The van der Waals surface area contributed by atoms with E-state index in [0.717, 1.165) is 23.1 Å². The maximum absolute atomic E-state index is 11.6. The van der Waals surface area contributed by atoms with Crippen LogP contribution >= 0.6 is 0 Å². The molecule has 0 aliphatic heterocycles. The molecule has 0 aromatic carbocycles. The number of hydrogen-bond donors (Lipinski definition) is 13. The molecule has 3 aromatic rings. The molecule has 0 radical (unpaired) electrons. The van der Waals surface area contributed by atoms with Crippen molar-refractivity contribution in [2.24, 2.45) is 0 Å². The molecule has 16 nitrogen and oxygen atoms in total. The molecule has 0 amide bonds. The number of H-pyrrole nitrogens is 3. The van der Waals surface area contributed by atoms with Gasteiger partial charge < -0.3 is 50.5 Å². The molecule has 0 aliphatic rings. The summed E-state index contributed by atoms with van der Waals surface area (Å²) in [5, 5.41) is 60.3. The van der Waals surface area contributed by atoms with Crippen LogP contribution in [0.3, 0.4) is 0 Å². The third-order valence-corrected chi connectivity index (χ3v) is 5.82. The predicted molar refractivity (Wildman–Crippen MR) is 139 cm³/mol. The van der Waals surface area contributed by atoms with Crippen LogP contribution in [0.5, 0.6) is 17.2 Å². The van der Waals surface area contributed by atoms with E-state index in [4.69, 9.17) is 0 Å². The van der Waals surface area contributed by atoms with E-state index in [0.29, 0.717) is 19.6 Å². The number of quaternary nitrogens is 1. The largest absolute Gasteiger partial charge is 0.502 e. The molecule has 0 bridgehead atoms. The predicted octanol–water partition coefficient (Wildman–Crippen LogP) is -7.69. The number of nitrogens with one attached hydrogen (secondary N) is 7. The highest BCUT2D eigenvalue weighted by molar-refractivity contribution is 5.89. The summed E-state index contributed by atoms with van der Waals surface area (Å²) in [4.78, 5) is 51.5. The van der Waals surface area contributed by atoms with Crippen LogP contribution in [0.4, 0.5) is 0 Å². The smallest absolute Gasteiger partial charge is 0.387 e. The average molecular weight is 562 g/mol. The van der Waals surface area contributed by atoms with Crippen LogP contribution < -0.4 is 36.2 Å². The van der Waals surface area contributed by atoms with Crippen molar-refractivity contribution in [3.05, 3.63) is 84.5 Å². The quantitative estimate of drug-likeness (QED) is 0.0738. The SMILES string of the molecule is O=c1cc[nH]c(C(O)=[NH+]CC[NH+](CC[NH+]=C(O)c2[nH]ccc(=O)c2O)CC[NH+]=C(O)c2[nH]ccc(=O)c2O)c1O. The first kappa shape index (κ1) is 29.2. The van der Waals surface area contributed by atoms with Crippen molar-refractivity contribution in [2.45, 2.75) is 0 Å². The fourth-order valence-electron chi connectivity index (χ4n) is 3.67. The second kappa shape index (κ2) is 13.4. The zero-order chi connectivity index (χ0) is 29.2. The first-order chi connectivity index (χ1) is 19.1. The van der Waals surface area contributed by atoms with Crippen LogP contribution in [-0.2, 0) is 0 Å². The Labute approximate surface area is 224 Å². The Bertz CT molecular complexity index is 1420. The molecule has 0 saturated carbocycles. The fourth-order valence-corrected chi connectivity index (χ4v) is 3.67. The lowest BCUT2D eigenvalue weighted by molar-refractivity contribution is -0.918. The minimum atomic E-state index is -0.671. The molecule has 0 fully saturated rings. The molecule has 0 saturated heterocycles. The third kappa shape index (κ3) is 7.35. The fraction of sp³-hybridized carbons (Fsp3) is 0.250. The van der Waals surface area contributed by atoms with Crippen LogP contribution in [0.25, 0.3) is 0 Å². The van der Waals surface area contributed by atoms with E-state index in [1.54, 1.807) is 0 Å². The van der Waals surface area contributed by atoms with Crippen LogP contribution in [0.15, 0.2) is 51.2 Å². The van der Waals surface area contributed by atoms with Crippen molar-refractivity contribution in [1.82, 2.24) is 15.0 Å². The second-order valence-electron chi connectivity index (χ2n) is 8.52. The molecule has 0 unspecified atom stereocenters. The van der Waals surface area contributed by atoms with Crippen molar-refractivity contribution in [3.63, 3.8) is 0 Å². The van der Waals surface area contributed by atoms with E-state index in [2.05, 4.69) is 29.9 Å². The van der Waals surface area contributed by atoms with Crippen molar-refractivity contribution < 1.29 is 50.5 Å². The lowest BCUT2D eigenvalue weighted by Gasteiger charge is -2.13. The van der Waals surface area contributed by atoms with Crippen LogP contribution in [0, 0.1) is 0 Å². The number of rotatable bonds is 12. The Kier molecular flexibility index (Phi) is 9.79. The summed E-state index contributed by atoms with van der Waals surface area (Å²) in [5.41, 5.74) is -2.54. The molecule has 3 aromatic heterocycles. The van der Waals surface area contributed by atoms with Gasteiger partial charge in [-0.25, -0.2) is 15.0 Å². The van der Waals surface area contributed by atoms with E-state index < -0.39 is 51.2 Å². The zero-order valence-corrected chi connectivity index (χ0v) is 21.1.